The van der Waals surface area contributed by atoms with Crippen LogP contribution in [0.4, 0.5) is 4.39 Å². The molecule has 0 aliphatic carbocycles. The van der Waals surface area contributed by atoms with Crippen LogP contribution in [0.1, 0.15) is 32.7 Å². The molecule has 22 heavy (non-hydrogen) atoms. The quantitative estimate of drug-likeness (QED) is 0.921. The van der Waals surface area contributed by atoms with Gasteiger partial charge in [-0.1, -0.05) is 0 Å². The first-order chi connectivity index (χ1) is 10.5. The SMILES string of the molecule is CC(C)N1CCC(n2c(=O)[nH]c3cc(F)ccc3c2=O)CC1. The van der Waals surface area contributed by atoms with Crippen molar-refractivity contribution in [3.05, 3.63) is 44.9 Å². The molecule has 0 atom stereocenters. The van der Waals surface area contributed by atoms with Crippen LogP contribution in [0.15, 0.2) is 27.8 Å². The molecule has 3 rings (SSSR count). The van der Waals surface area contributed by atoms with Crippen molar-refractivity contribution in [2.75, 3.05) is 13.1 Å². The molecule has 0 radical (unpaired) electrons. The van der Waals surface area contributed by atoms with Gasteiger partial charge in [-0.05, 0) is 44.9 Å². The molecule has 0 unspecified atom stereocenters. The van der Waals surface area contributed by atoms with Crippen molar-refractivity contribution in [3.63, 3.8) is 0 Å². The topological polar surface area (TPSA) is 58.1 Å². The number of halogens is 1. The van der Waals surface area contributed by atoms with Gasteiger partial charge in [0.25, 0.3) is 5.56 Å². The number of hydrogen-bond donors (Lipinski definition) is 1. The van der Waals surface area contributed by atoms with Crippen molar-refractivity contribution in [2.24, 2.45) is 0 Å². The molecule has 1 saturated heterocycles. The summed E-state index contributed by atoms with van der Waals surface area (Å²) < 4.78 is 14.5. The van der Waals surface area contributed by atoms with Crippen LogP contribution in [0.5, 0.6) is 0 Å². The molecule has 1 aliphatic rings. The number of piperidine rings is 1. The number of nitrogens with zero attached hydrogens (tertiary/aromatic N) is 2. The average molecular weight is 305 g/mol. The van der Waals surface area contributed by atoms with Gasteiger partial charge in [-0.25, -0.2) is 9.18 Å². The van der Waals surface area contributed by atoms with E-state index in [1.54, 1.807) is 0 Å². The van der Waals surface area contributed by atoms with Crippen LogP contribution in [0.25, 0.3) is 10.9 Å². The average Bonchev–Trinajstić information content (AvgIpc) is 2.47. The molecule has 1 N–H and O–H groups in total. The summed E-state index contributed by atoms with van der Waals surface area (Å²) in [6.45, 7) is 6.03. The summed E-state index contributed by atoms with van der Waals surface area (Å²) in [5.41, 5.74) is -0.529. The van der Waals surface area contributed by atoms with E-state index in [2.05, 4.69) is 23.7 Å². The predicted octanol–water partition coefficient (Wildman–Crippen LogP) is 1.87. The normalized spacial score (nSPS) is 17.5. The minimum Gasteiger partial charge on any atom is -0.307 e. The second kappa shape index (κ2) is 5.68. The number of nitrogens with one attached hydrogen (secondary N) is 1. The minimum absolute atomic E-state index is 0.0966. The fraction of sp³-hybridized carbons (Fsp3) is 0.500. The number of hydrogen-bond acceptors (Lipinski definition) is 3. The van der Waals surface area contributed by atoms with E-state index < -0.39 is 11.5 Å². The van der Waals surface area contributed by atoms with E-state index in [0.717, 1.165) is 25.9 Å². The number of H-pyrrole nitrogens is 1. The van der Waals surface area contributed by atoms with E-state index in [1.165, 1.54) is 22.8 Å². The van der Waals surface area contributed by atoms with Gasteiger partial charge in [-0.3, -0.25) is 9.36 Å². The first kappa shape index (κ1) is 15.0. The van der Waals surface area contributed by atoms with Gasteiger partial charge in [0.15, 0.2) is 0 Å². The lowest BCUT2D eigenvalue weighted by Gasteiger charge is -2.34. The molecule has 0 amide bonds. The zero-order valence-electron chi connectivity index (χ0n) is 12.8. The highest BCUT2D eigenvalue weighted by Gasteiger charge is 2.24. The first-order valence-corrected chi connectivity index (χ1v) is 7.65. The molecule has 1 aliphatic heterocycles. The maximum Gasteiger partial charge on any atom is 0.329 e. The maximum atomic E-state index is 13.2. The maximum absolute atomic E-state index is 13.2. The highest BCUT2D eigenvalue weighted by molar-refractivity contribution is 5.77. The summed E-state index contributed by atoms with van der Waals surface area (Å²) >= 11 is 0. The third-order valence-electron chi connectivity index (χ3n) is 4.49. The molecule has 2 heterocycles. The zero-order chi connectivity index (χ0) is 15.9. The lowest BCUT2D eigenvalue weighted by molar-refractivity contribution is 0.149. The van der Waals surface area contributed by atoms with E-state index in [1.807, 2.05) is 0 Å². The molecule has 5 nitrogen and oxygen atoms in total. The van der Waals surface area contributed by atoms with Crippen molar-refractivity contribution in [1.82, 2.24) is 14.5 Å². The minimum atomic E-state index is -0.467. The number of likely N-dealkylation sites (tertiary alicyclic amines) is 1. The van der Waals surface area contributed by atoms with Crippen LogP contribution in [0.2, 0.25) is 0 Å². The lowest BCUT2D eigenvalue weighted by Crippen LogP contribution is -2.45. The number of fused-ring (bicyclic) bond motifs is 1. The fourth-order valence-corrected chi connectivity index (χ4v) is 3.20. The highest BCUT2D eigenvalue weighted by Crippen LogP contribution is 2.21. The van der Waals surface area contributed by atoms with Gasteiger partial charge in [0.05, 0.1) is 10.9 Å². The van der Waals surface area contributed by atoms with Crippen LogP contribution in [-0.2, 0) is 0 Å². The van der Waals surface area contributed by atoms with E-state index in [-0.39, 0.29) is 17.1 Å². The summed E-state index contributed by atoms with van der Waals surface area (Å²) in [6, 6.07) is 4.23. The van der Waals surface area contributed by atoms with Crippen molar-refractivity contribution >= 4 is 10.9 Å². The van der Waals surface area contributed by atoms with Crippen molar-refractivity contribution in [2.45, 2.75) is 38.8 Å². The van der Waals surface area contributed by atoms with Crippen LogP contribution in [0, 0.1) is 5.82 Å². The molecule has 1 aromatic carbocycles. The van der Waals surface area contributed by atoms with Crippen molar-refractivity contribution < 1.29 is 4.39 Å². The Balaban J connectivity index is 2.00. The Bertz CT molecular complexity index is 801. The summed E-state index contributed by atoms with van der Waals surface area (Å²) in [5, 5.41) is 0.354. The number of rotatable bonds is 2. The second-order valence-electron chi connectivity index (χ2n) is 6.16. The molecular formula is C16H20FN3O2. The molecular weight excluding hydrogens is 285 g/mol. The second-order valence-corrected chi connectivity index (χ2v) is 6.16. The molecule has 1 aromatic heterocycles. The Hall–Kier alpha value is -1.95. The number of benzene rings is 1. The van der Waals surface area contributed by atoms with Gasteiger partial charge in [0.2, 0.25) is 0 Å². The van der Waals surface area contributed by atoms with Gasteiger partial charge in [-0.2, -0.15) is 0 Å². The smallest absolute Gasteiger partial charge is 0.307 e. The van der Waals surface area contributed by atoms with E-state index >= 15 is 0 Å². The molecule has 0 bridgehead atoms. The van der Waals surface area contributed by atoms with Crippen molar-refractivity contribution in [1.29, 1.82) is 0 Å². The summed E-state index contributed by atoms with van der Waals surface area (Å²) in [6.07, 6.45) is 1.54. The summed E-state index contributed by atoms with van der Waals surface area (Å²) in [4.78, 5) is 29.8. The Labute approximate surface area is 127 Å². The molecule has 0 spiro atoms. The van der Waals surface area contributed by atoms with Gasteiger partial charge in [0, 0.05) is 25.2 Å². The van der Waals surface area contributed by atoms with E-state index in [0.29, 0.717) is 11.4 Å². The Morgan fingerprint density at radius 3 is 2.55 bits per heavy atom. The Morgan fingerprint density at radius 1 is 1.23 bits per heavy atom. The number of aromatic nitrogens is 2. The van der Waals surface area contributed by atoms with Crippen LogP contribution < -0.4 is 11.2 Å². The van der Waals surface area contributed by atoms with E-state index in [4.69, 9.17) is 0 Å². The largest absolute Gasteiger partial charge is 0.329 e. The monoisotopic (exact) mass is 305 g/mol. The Kier molecular flexibility index (Phi) is 3.87. The van der Waals surface area contributed by atoms with E-state index in [9.17, 15) is 14.0 Å². The molecule has 6 heteroatoms. The summed E-state index contributed by atoms with van der Waals surface area (Å²) in [7, 11) is 0. The standard InChI is InChI=1S/C16H20FN3O2/c1-10(2)19-7-5-12(6-8-19)20-15(21)13-4-3-11(17)9-14(13)18-16(20)22/h3-4,9-10,12H,5-8H2,1-2H3,(H,18,22). The fourth-order valence-electron chi connectivity index (χ4n) is 3.20. The molecule has 1 fully saturated rings. The molecule has 0 saturated carbocycles. The van der Waals surface area contributed by atoms with Gasteiger partial charge in [0.1, 0.15) is 5.82 Å². The first-order valence-electron chi connectivity index (χ1n) is 7.65. The predicted molar refractivity (Wildman–Crippen MR) is 83.8 cm³/mol. The third-order valence-corrected chi connectivity index (χ3v) is 4.49. The van der Waals surface area contributed by atoms with Gasteiger partial charge < -0.3 is 9.88 Å². The summed E-state index contributed by atoms with van der Waals surface area (Å²) in [5.74, 6) is -0.467. The number of aromatic amines is 1. The highest BCUT2D eigenvalue weighted by atomic mass is 19.1. The van der Waals surface area contributed by atoms with Crippen LogP contribution >= 0.6 is 0 Å². The van der Waals surface area contributed by atoms with Crippen LogP contribution in [0.3, 0.4) is 0 Å². The van der Waals surface area contributed by atoms with Gasteiger partial charge in [-0.15, -0.1) is 0 Å². The third kappa shape index (κ3) is 2.59. The van der Waals surface area contributed by atoms with Crippen molar-refractivity contribution in [3.8, 4) is 0 Å². The zero-order valence-corrected chi connectivity index (χ0v) is 12.8. The molecule has 118 valence electrons. The lowest BCUT2D eigenvalue weighted by atomic mass is 10.0. The van der Waals surface area contributed by atoms with Crippen LogP contribution in [-0.4, -0.2) is 33.6 Å². The Morgan fingerprint density at radius 2 is 1.91 bits per heavy atom. The molecule has 2 aromatic rings. The van der Waals surface area contributed by atoms with Gasteiger partial charge >= 0.3 is 5.69 Å².